The minimum atomic E-state index is 0.00588. The normalized spacial score (nSPS) is 53.2. The number of fused-ring (bicyclic) bond motifs is 5. The van der Waals surface area contributed by atoms with Gasteiger partial charge in [-0.3, -0.25) is 4.79 Å². The van der Waals surface area contributed by atoms with Crippen LogP contribution in [0.1, 0.15) is 39.5 Å². The molecular formula is C14H19NO. The molecule has 1 spiro atoms. The first-order chi connectivity index (χ1) is 7.63. The lowest BCUT2D eigenvalue weighted by Crippen LogP contribution is -2.50. The van der Waals surface area contributed by atoms with E-state index in [2.05, 4.69) is 12.2 Å². The summed E-state index contributed by atoms with van der Waals surface area (Å²) < 4.78 is 0. The maximum absolute atomic E-state index is 12.4. The molecule has 1 aliphatic heterocycles. The van der Waals surface area contributed by atoms with Crippen LogP contribution in [-0.4, -0.2) is 5.91 Å². The number of amides is 1. The largest absolute Gasteiger partial charge is 0.330 e. The second-order valence-corrected chi connectivity index (χ2v) is 6.48. The zero-order chi connectivity index (χ0) is 11.1. The highest BCUT2D eigenvalue weighted by Gasteiger charge is 2.72. The average Bonchev–Trinajstić information content (AvgIpc) is 2.81. The number of allylic oxidation sites excluding steroid dienone is 2. The molecule has 5 unspecified atom stereocenters. The highest BCUT2D eigenvalue weighted by Crippen LogP contribution is 2.75. The van der Waals surface area contributed by atoms with Crippen LogP contribution in [0.5, 0.6) is 0 Å². The molecule has 1 N–H and O–H groups in total. The second-order valence-electron chi connectivity index (χ2n) is 6.48. The fourth-order valence-corrected chi connectivity index (χ4v) is 4.94. The van der Waals surface area contributed by atoms with Gasteiger partial charge in [-0.05, 0) is 63.2 Å². The summed E-state index contributed by atoms with van der Waals surface area (Å²) in [4.78, 5) is 12.4. The fraction of sp³-hybridized carbons (Fsp3) is 0.786. The van der Waals surface area contributed by atoms with Crippen LogP contribution in [-0.2, 0) is 4.79 Å². The molecule has 4 aliphatic rings. The molecule has 4 rings (SSSR count). The van der Waals surface area contributed by atoms with Crippen LogP contribution >= 0.6 is 0 Å². The number of carbonyl (C=O) groups excluding carboxylic acids is 1. The van der Waals surface area contributed by atoms with E-state index < -0.39 is 0 Å². The van der Waals surface area contributed by atoms with Crippen LogP contribution < -0.4 is 5.32 Å². The maximum Gasteiger partial charge on any atom is 0.230 e. The molecule has 0 aromatic rings. The smallest absolute Gasteiger partial charge is 0.230 e. The third kappa shape index (κ3) is 0.847. The van der Waals surface area contributed by atoms with Gasteiger partial charge < -0.3 is 5.32 Å². The monoisotopic (exact) mass is 217 g/mol. The SMILES string of the molecule is CC1=C(C)NC(=O)C2(CCC3C4CC4C32)C1. The van der Waals surface area contributed by atoms with E-state index in [9.17, 15) is 4.79 Å². The van der Waals surface area contributed by atoms with Crippen LogP contribution in [0.3, 0.4) is 0 Å². The van der Waals surface area contributed by atoms with Gasteiger partial charge in [-0.1, -0.05) is 5.57 Å². The molecule has 3 saturated carbocycles. The fourth-order valence-electron chi connectivity index (χ4n) is 4.94. The van der Waals surface area contributed by atoms with Gasteiger partial charge in [0.1, 0.15) is 0 Å². The van der Waals surface area contributed by atoms with Gasteiger partial charge >= 0.3 is 0 Å². The van der Waals surface area contributed by atoms with E-state index in [4.69, 9.17) is 0 Å². The molecule has 0 saturated heterocycles. The summed E-state index contributed by atoms with van der Waals surface area (Å²) in [6.45, 7) is 4.22. The van der Waals surface area contributed by atoms with E-state index in [0.717, 1.165) is 42.2 Å². The summed E-state index contributed by atoms with van der Waals surface area (Å²) >= 11 is 0. The van der Waals surface area contributed by atoms with E-state index in [1.54, 1.807) is 0 Å². The molecule has 0 radical (unpaired) electrons. The van der Waals surface area contributed by atoms with E-state index in [0.29, 0.717) is 5.91 Å². The van der Waals surface area contributed by atoms with Gasteiger partial charge in [0.05, 0.1) is 5.41 Å². The Labute approximate surface area is 96.5 Å². The number of rotatable bonds is 0. The molecule has 3 aliphatic carbocycles. The molecule has 1 amide bonds. The number of carbonyl (C=O) groups is 1. The molecule has 0 aromatic heterocycles. The summed E-state index contributed by atoms with van der Waals surface area (Å²) in [6, 6.07) is 0. The van der Waals surface area contributed by atoms with Crippen molar-refractivity contribution in [3.63, 3.8) is 0 Å². The minimum absolute atomic E-state index is 0.00588. The standard InChI is InChI=1S/C14H19NO/c1-7-6-14(13(16)15-8(7)2)4-3-9-10-5-11(10)12(9)14/h9-12H,3-6H2,1-2H3,(H,15,16). The van der Waals surface area contributed by atoms with E-state index in [1.807, 2.05) is 6.92 Å². The first kappa shape index (κ1) is 9.26. The quantitative estimate of drug-likeness (QED) is 0.663. The van der Waals surface area contributed by atoms with Crippen LogP contribution in [0.15, 0.2) is 11.3 Å². The van der Waals surface area contributed by atoms with Crippen molar-refractivity contribution in [2.75, 3.05) is 0 Å². The van der Waals surface area contributed by atoms with E-state index in [1.165, 1.54) is 18.4 Å². The predicted octanol–water partition coefficient (Wildman–Crippen LogP) is 2.46. The first-order valence-electron chi connectivity index (χ1n) is 6.61. The summed E-state index contributed by atoms with van der Waals surface area (Å²) in [7, 11) is 0. The van der Waals surface area contributed by atoms with Gasteiger partial charge in [0.25, 0.3) is 0 Å². The zero-order valence-electron chi connectivity index (χ0n) is 10.0. The van der Waals surface area contributed by atoms with Crippen molar-refractivity contribution in [2.24, 2.45) is 29.1 Å². The zero-order valence-corrected chi connectivity index (χ0v) is 10.0. The Morgan fingerprint density at radius 3 is 2.88 bits per heavy atom. The van der Waals surface area contributed by atoms with Gasteiger partial charge in [0.2, 0.25) is 5.91 Å². The van der Waals surface area contributed by atoms with Gasteiger partial charge in [0, 0.05) is 5.70 Å². The van der Waals surface area contributed by atoms with Crippen LogP contribution in [0.4, 0.5) is 0 Å². The van der Waals surface area contributed by atoms with Crippen molar-refractivity contribution in [2.45, 2.75) is 39.5 Å². The van der Waals surface area contributed by atoms with Gasteiger partial charge in [-0.2, -0.15) is 0 Å². The Bertz CT molecular complexity index is 424. The molecule has 0 bridgehead atoms. The topological polar surface area (TPSA) is 29.1 Å². The highest BCUT2D eigenvalue weighted by atomic mass is 16.2. The molecule has 16 heavy (non-hydrogen) atoms. The number of hydrogen-bond acceptors (Lipinski definition) is 1. The van der Waals surface area contributed by atoms with Crippen molar-refractivity contribution < 1.29 is 4.79 Å². The number of hydrogen-bond donors (Lipinski definition) is 1. The third-order valence-corrected chi connectivity index (χ3v) is 5.90. The molecule has 5 atom stereocenters. The lowest BCUT2D eigenvalue weighted by Gasteiger charge is -2.44. The number of nitrogens with one attached hydrogen (secondary N) is 1. The van der Waals surface area contributed by atoms with Crippen molar-refractivity contribution in [1.82, 2.24) is 5.32 Å². The summed E-state index contributed by atoms with van der Waals surface area (Å²) in [5.74, 6) is 3.92. The highest BCUT2D eigenvalue weighted by molar-refractivity contribution is 5.87. The molecule has 3 fully saturated rings. The maximum atomic E-state index is 12.4. The summed E-state index contributed by atoms with van der Waals surface area (Å²) in [6.07, 6.45) is 4.92. The van der Waals surface area contributed by atoms with Gasteiger partial charge in [-0.25, -0.2) is 0 Å². The molecular weight excluding hydrogens is 198 g/mol. The van der Waals surface area contributed by atoms with Gasteiger partial charge in [0.15, 0.2) is 0 Å². The second kappa shape index (κ2) is 2.55. The Balaban J connectivity index is 1.74. The van der Waals surface area contributed by atoms with Crippen molar-refractivity contribution in [1.29, 1.82) is 0 Å². The van der Waals surface area contributed by atoms with Crippen molar-refractivity contribution in [3.8, 4) is 0 Å². The van der Waals surface area contributed by atoms with Crippen molar-refractivity contribution in [3.05, 3.63) is 11.3 Å². The lowest BCUT2D eigenvalue weighted by atomic mass is 9.61. The molecule has 1 heterocycles. The van der Waals surface area contributed by atoms with E-state index >= 15 is 0 Å². The van der Waals surface area contributed by atoms with Crippen LogP contribution in [0.25, 0.3) is 0 Å². The first-order valence-corrected chi connectivity index (χ1v) is 6.61. The predicted molar refractivity (Wildman–Crippen MR) is 61.4 cm³/mol. The molecule has 0 aromatic carbocycles. The summed E-state index contributed by atoms with van der Waals surface area (Å²) in [5, 5.41) is 3.13. The van der Waals surface area contributed by atoms with E-state index in [-0.39, 0.29) is 5.41 Å². The Morgan fingerprint density at radius 1 is 1.25 bits per heavy atom. The lowest BCUT2D eigenvalue weighted by molar-refractivity contribution is -0.136. The molecule has 2 heteroatoms. The Kier molecular flexibility index (Phi) is 1.47. The van der Waals surface area contributed by atoms with Crippen molar-refractivity contribution >= 4 is 5.91 Å². The third-order valence-electron chi connectivity index (χ3n) is 5.90. The Morgan fingerprint density at radius 2 is 2.06 bits per heavy atom. The molecule has 86 valence electrons. The van der Waals surface area contributed by atoms with Crippen LogP contribution in [0, 0.1) is 29.1 Å². The average molecular weight is 217 g/mol. The minimum Gasteiger partial charge on any atom is -0.330 e. The van der Waals surface area contributed by atoms with Gasteiger partial charge in [-0.15, -0.1) is 0 Å². The van der Waals surface area contributed by atoms with Crippen LogP contribution in [0.2, 0.25) is 0 Å². The Hall–Kier alpha value is -0.790. The molecule has 2 nitrogen and oxygen atoms in total. The summed E-state index contributed by atoms with van der Waals surface area (Å²) in [5.41, 5.74) is 2.52.